The first-order chi connectivity index (χ1) is 10.8. The Morgan fingerprint density at radius 1 is 0.654 bits per heavy atom. The molecule has 2 N–H and O–H groups in total. The largest absolute Gasteiger partial charge is 1.00 e. The van der Waals surface area contributed by atoms with E-state index in [1.54, 1.807) is 0 Å². The van der Waals surface area contributed by atoms with Crippen LogP contribution in [0.3, 0.4) is 0 Å². The number of likely N-dealkylation sites (N-methyl/N-ethyl adjacent to an activating group) is 2. The average Bonchev–Trinajstić information content (AvgIpc) is 2.38. The molecule has 0 aliphatic heterocycles. The van der Waals surface area contributed by atoms with Crippen molar-refractivity contribution in [3.8, 4) is 0 Å². The lowest BCUT2D eigenvalue weighted by molar-refractivity contribution is -0.872. The fourth-order valence-electron chi connectivity index (χ4n) is 2.53. The molecular formula is C18H38Cl2N2O4. The first kappa shape index (κ1) is 30.5. The van der Waals surface area contributed by atoms with Crippen LogP contribution in [0.4, 0.5) is 0 Å². The van der Waals surface area contributed by atoms with Crippen LogP contribution in [0, 0.1) is 0 Å². The third-order valence-corrected chi connectivity index (χ3v) is 3.78. The van der Waals surface area contributed by atoms with Crippen LogP contribution in [-0.4, -0.2) is 98.3 Å². The molecule has 0 bridgehead atoms. The minimum Gasteiger partial charge on any atom is -1.00 e. The van der Waals surface area contributed by atoms with Crippen LogP contribution >= 0.6 is 0 Å². The van der Waals surface area contributed by atoms with Crippen molar-refractivity contribution >= 4 is 11.6 Å². The molecule has 0 aliphatic rings. The minimum absolute atomic E-state index is 0. The van der Waals surface area contributed by atoms with Crippen molar-refractivity contribution in [2.75, 3.05) is 55.4 Å². The molecule has 0 aliphatic carbocycles. The first-order valence-corrected chi connectivity index (χ1v) is 8.84. The standard InChI is InChI=1S/C18H38N2O4.2ClH/c1-19(2,3)13-17(23)15(21)11-9-7-8-10-12-16(22)18(24)14-20(4,5)6;;/h17-18,23-24H,7-14H2,1-6H3;2*1H/q+2;;/p-2. The van der Waals surface area contributed by atoms with Crippen molar-refractivity contribution < 1.29 is 53.6 Å². The van der Waals surface area contributed by atoms with Crippen LogP contribution in [0.5, 0.6) is 0 Å². The summed E-state index contributed by atoms with van der Waals surface area (Å²) in [5.74, 6) is -0.199. The summed E-state index contributed by atoms with van der Waals surface area (Å²) in [7, 11) is 11.7. The Balaban J connectivity index is -0.00000264. The molecule has 0 aromatic carbocycles. The zero-order chi connectivity index (χ0) is 19.0. The lowest BCUT2D eigenvalue weighted by Crippen LogP contribution is -3.00. The Morgan fingerprint density at radius 2 is 0.923 bits per heavy atom. The van der Waals surface area contributed by atoms with Gasteiger partial charge in [0.05, 0.1) is 42.3 Å². The van der Waals surface area contributed by atoms with Gasteiger partial charge in [-0.25, -0.2) is 0 Å². The van der Waals surface area contributed by atoms with E-state index in [1.165, 1.54) is 0 Å². The summed E-state index contributed by atoms with van der Waals surface area (Å²) in [5, 5.41) is 19.7. The quantitative estimate of drug-likeness (QED) is 0.232. The molecule has 6 nitrogen and oxygen atoms in total. The van der Waals surface area contributed by atoms with Gasteiger partial charge in [0.15, 0.2) is 23.8 Å². The number of carbonyl (C=O) groups excluding carboxylic acids is 2. The number of carbonyl (C=O) groups is 2. The summed E-state index contributed by atoms with van der Waals surface area (Å²) >= 11 is 0. The van der Waals surface area contributed by atoms with E-state index in [9.17, 15) is 19.8 Å². The van der Waals surface area contributed by atoms with Crippen molar-refractivity contribution in [1.29, 1.82) is 0 Å². The Morgan fingerprint density at radius 3 is 1.15 bits per heavy atom. The summed E-state index contributed by atoms with van der Waals surface area (Å²) in [6, 6.07) is 0. The van der Waals surface area contributed by atoms with E-state index in [4.69, 9.17) is 0 Å². The van der Waals surface area contributed by atoms with Crippen molar-refractivity contribution in [1.82, 2.24) is 0 Å². The second-order valence-corrected chi connectivity index (χ2v) is 8.82. The minimum atomic E-state index is -0.891. The number of hydrogen-bond acceptors (Lipinski definition) is 4. The number of aliphatic hydroxyl groups is 2. The first-order valence-electron chi connectivity index (χ1n) is 8.84. The van der Waals surface area contributed by atoms with E-state index in [-0.39, 0.29) is 36.4 Å². The van der Waals surface area contributed by atoms with Gasteiger partial charge in [0, 0.05) is 12.8 Å². The van der Waals surface area contributed by atoms with Gasteiger partial charge in [-0.05, 0) is 12.8 Å². The molecular weight excluding hydrogens is 379 g/mol. The number of hydrogen-bond donors (Lipinski definition) is 2. The van der Waals surface area contributed by atoms with Gasteiger partial charge in [0.25, 0.3) is 0 Å². The highest BCUT2D eigenvalue weighted by atomic mass is 35.5. The molecule has 0 fully saturated rings. The van der Waals surface area contributed by atoms with Crippen LogP contribution in [0.2, 0.25) is 0 Å². The van der Waals surface area contributed by atoms with Crippen LogP contribution < -0.4 is 24.8 Å². The maximum absolute atomic E-state index is 11.8. The maximum Gasteiger partial charge on any atom is 0.167 e. The second kappa shape index (κ2) is 13.9. The Hall–Kier alpha value is -0.240. The number of halogens is 2. The third kappa shape index (κ3) is 17.2. The highest BCUT2D eigenvalue weighted by molar-refractivity contribution is 5.83. The van der Waals surface area contributed by atoms with Gasteiger partial charge in [-0.2, -0.15) is 0 Å². The smallest absolute Gasteiger partial charge is 0.167 e. The molecule has 8 heteroatoms. The fourth-order valence-corrected chi connectivity index (χ4v) is 2.53. The summed E-state index contributed by atoms with van der Waals surface area (Å²) < 4.78 is 1.12. The maximum atomic E-state index is 11.8. The zero-order valence-corrected chi connectivity index (χ0v) is 18.7. The predicted molar refractivity (Wildman–Crippen MR) is 95.5 cm³/mol. The van der Waals surface area contributed by atoms with E-state index in [2.05, 4.69) is 0 Å². The number of aliphatic hydroxyl groups excluding tert-OH is 2. The molecule has 2 unspecified atom stereocenters. The summed E-state index contributed by atoms with van der Waals surface area (Å²) in [6.45, 7) is 0.856. The normalized spacial score (nSPS) is 14.0. The van der Waals surface area contributed by atoms with Gasteiger partial charge < -0.3 is 44.0 Å². The number of quaternary nitrogens is 2. The van der Waals surface area contributed by atoms with Gasteiger partial charge in [0.2, 0.25) is 0 Å². The van der Waals surface area contributed by atoms with Gasteiger partial charge in [-0.3, -0.25) is 9.59 Å². The lowest BCUT2D eigenvalue weighted by Gasteiger charge is -2.26. The highest BCUT2D eigenvalue weighted by Gasteiger charge is 2.23. The monoisotopic (exact) mass is 416 g/mol. The van der Waals surface area contributed by atoms with E-state index in [0.717, 1.165) is 25.7 Å². The number of Topliss-reactive ketones (excluding diaryl/α,β-unsaturated/α-hetero) is 2. The number of nitrogens with zero attached hydrogens (tertiary/aromatic N) is 2. The lowest BCUT2D eigenvalue weighted by atomic mass is 10.0. The SMILES string of the molecule is C[N+](C)(C)CC(O)C(=O)CCCCCCC(=O)C(O)C[N+](C)(C)C.[Cl-].[Cl-]. The van der Waals surface area contributed by atoms with Gasteiger partial charge in [-0.15, -0.1) is 0 Å². The fraction of sp³-hybridized carbons (Fsp3) is 0.889. The molecule has 0 spiro atoms. The molecule has 0 aromatic heterocycles. The molecule has 0 saturated heterocycles. The van der Waals surface area contributed by atoms with Crippen molar-refractivity contribution in [3.63, 3.8) is 0 Å². The average molecular weight is 417 g/mol. The third-order valence-electron chi connectivity index (χ3n) is 3.78. The predicted octanol–water partition coefficient (Wildman–Crippen LogP) is -5.39. The summed E-state index contributed by atoms with van der Waals surface area (Å²) in [4.78, 5) is 23.7. The zero-order valence-electron chi connectivity index (χ0n) is 17.2. The van der Waals surface area contributed by atoms with Crippen molar-refractivity contribution in [2.45, 2.75) is 50.7 Å². The van der Waals surface area contributed by atoms with Crippen molar-refractivity contribution in [2.24, 2.45) is 0 Å². The number of ketones is 2. The molecule has 0 radical (unpaired) electrons. The Bertz CT molecular complexity index is 369. The molecule has 0 amide bonds. The molecule has 0 aromatic rings. The molecule has 0 heterocycles. The van der Waals surface area contributed by atoms with E-state index in [1.807, 2.05) is 42.3 Å². The molecule has 2 atom stereocenters. The van der Waals surface area contributed by atoms with Crippen molar-refractivity contribution in [3.05, 3.63) is 0 Å². The van der Waals surface area contributed by atoms with Crippen LogP contribution in [-0.2, 0) is 9.59 Å². The van der Waals surface area contributed by atoms with Crippen LogP contribution in [0.25, 0.3) is 0 Å². The van der Waals surface area contributed by atoms with E-state index >= 15 is 0 Å². The molecule has 26 heavy (non-hydrogen) atoms. The molecule has 0 saturated carbocycles. The topological polar surface area (TPSA) is 74.6 Å². The summed E-state index contributed by atoms with van der Waals surface area (Å²) in [6.07, 6.45) is 2.20. The number of rotatable bonds is 13. The van der Waals surface area contributed by atoms with Gasteiger partial charge in [0.1, 0.15) is 13.1 Å². The van der Waals surface area contributed by atoms with Crippen LogP contribution in [0.1, 0.15) is 38.5 Å². The van der Waals surface area contributed by atoms with E-state index in [0.29, 0.717) is 34.9 Å². The Labute approximate surface area is 171 Å². The molecule has 0 rings (SSSR count). The Kier molecular flexibility index (Phi) is 16.2. The van der Waals surface area contributed by atoms with E-state index < -0.39 is 12.2 Å². The molecule has 158 valence electrons. The van der Waals surface area contributed by atoms with Gasteiger partial charge in [-0.1, -0.05) is 12.8 Å². The van der Waals surface area contributed by atoms with Gasteiger partial charge >= 0.3 is 0 Å². The summed E-state index contributed by atoms with van der Waals surface area (Å²) in [5.41, 5.74) is 0. The highest BCUT2D eigenvalue weighted by Crippen LogP contribution is 2.10. The number of unbranched alkanes of at least 4 members (excludes halogenated alkanes) is 3. The van der Waals surface area contributed by atoms with Crippen LogP contribution in [0.15, 0.2) is 0 Å². The second-order valence-electron chi connectivity index (χ2n) is 8.82.